The van der Waals surface area contributed by atoms with Crippen LogP contribution in [0.25, 0.3) is 0 Å². The number of carbonyl (C=O) groups is 2. The topological polar surface area (TPSA) is 150 Å². The van der Waals surface area contributed by atoms with Crippen molar-refractivity contribution in [3.8, 4) is 0 Å². The van der Waals surface area contributed by atoms with Crippen LogP contribution >= 0.6 is 7.82 Å². The maximum absolute atomic E-state index is 12.8. The van der Waals surface area contributed by atoms with Crippen molar-refractivity contribution in [2.75, 3.05) is 47.5 Å². The average Bonchev–Trinajstić information content (AvgIpc) is 3.77. The number of hydrogen-bond donors (Lipinski definition) is 1. The molecule has 13 heteroatoms. The highest BCUT2D eigenvalue weighted by Gasteiger charge is 2.49. The number of allylic oxidation sites excluding steroid dienone is 3. The zero-order valence-electron chi connectivity index (χ0n) is 36.0. The Labute approximate surface area is 344 Å². The molecule has 0 aromatic heterocycles. The number of ether oxygens (including phenoxy) is 2. The molecule has 1 saturated heterocycles. The Hall–Kier alpha value is -1.89. The molecule has 1 heterocycles. The number of rotatable bonds is 35. The minimum Gasteiger partial charge on any atom is -0.756 e. The lowest BCUT2D eigenvalue weighted by Gasteiger charge is -2.28. The number of carbonyl (C=O) groups excluding carboxylic acids is 2. The van der Waals surface area contributed by atoms with Gasteiger partial charge in [0.05, 0.1) is 40.0 Å². The van der Waals surface area contributed by atoms with Gasteiger partial charge in [-0.1, -0.05) is 127 Å². The number of phosphoric ester groups is 1. The number of fused-ring (bicyclic) bond motifs is 2. The van der Waals surface area contributed by atoms with E-state index < -0.39 is 38.6 Å². The molecule has 330 valence electrons. The van der Waals surface area contributed by atoms with Gasteiger partial charge in [-0.15, -0.1) is 0 Å². The molecule has 0 amide bonds. The summed E-state index contributed by atoms with van der Waals surface area (Å²) >= 11 is 0. The van der Waals surface area contributed by atoms with Crippen molar-refractivity contribution in [3.05, 3.63) is 36.5 Å². The molecule has 2 bridgehead atoms. The van der Waals surface area contributed by atoms with Gasteiger partial charge >= 0.3 is 11.9 Å². The van der Waals surface area contributed by atoms with Crippen LogP contribution < -0.4 is 4.89 Å². The Kier molecular flexibility index (Phi) is 27.1. The largest absolute Gasteiger partial charge is 0.756 e. The summed E-state index contributed by atoms with van der Waals surface area (Å²) in [6, 6.07) is 0. The molecule has 0 spiro atoms. The molecule has 2 rings (SSSR count). The summed E-state index contributed by atoms with van der Waals surface area (Å²) in [6.07, 6.45) is 30.8. The zero-order chi connectivity index (χ0) is 41.8. The molecule has 1 aliphatic carbocycles. The van der Waals surface area contributed by atoms with Crippen LogP contribution in [0.15, 0.2) is 36.5 Å². The van der Waals surface area contributed by atoms with Crippen LogP contribution in [0, 0.1) is 11.8 Å². The number of esters is 2. The average molecular weight is 828 g/mol. The summed E-state index contributed by atoms with van der Waals surface area (Å²) in [6.45, 7) is 3.87. The van der Waals surface area contributed by atoms with E-state index in [9.17, 15) is 24.2 Å². The van der Waals surface area contributed by atoms with Crippen LogP contribution in [0.3, 0.4) is 0 Å². The first-order chi connectivity index (χ1) is 27.3. The van der Waals surface area contributed by atoms with Gasteiger partial charge in [0.25, 0.3) is 7.82 Å². The first kappa shape index (κ1) is 51.3. The summed E-state index contributed by atoms with van der Waals surface area (Å²) < 4.78 is 33.9. The summed E-state index contributed by atoms with van der Waals surface area (Å²) in [4.78, 5) is 48.7. The van der Waals surface area contributed by atoms with Crippen molar-refractivity contribution >= 4 is 19.8 Å². The fraction of sp³-hybridized carbons (Fsp3) is 0.818. The predicted octanol–water partition coefficient (Wildman–Crippen LogP) is 8.86. The van der Waals surface area contributed by atoms with Crippen LogP contribution in [0.4, 0.5) is 0 Å². The van der Waals surface area contributed by atoms with Crippen LogP contribution in [-0.2, 0) is 42.5 Å². The van der Waals surface area contributed by atoms with E-state index in [1.807, 2.05) is 45.4 Å². The van der Waals surface area contributed by atoms with E-state index in [2.05, 4.69) is 26.0 Å². The predicted molar refractivity (Wildman–Crippen MR) is 222 cm³/mol. The number of aliphatic hydroxyl groups is 1. The van der Waals surface area contributed by atoms with Gasteiger partial charge in [0, 0.05) is 31.1 Å². The van der Waals surface area contributed by atoms with E-state index in [4.69, 9.17) is 28.3 Å². The summed E-state index contributed by atoms with van der Waals surface area (Å²) in [7, 11) is 1.07. The molecule has 1 saturated carbocycles. The van der Waals surface area contributed by atoms with Crippen molar-refractivity contribution in [2.24, 2.45) is 11.8 Å². The molecule has 12 nitrogen and oxygen atoms in total. The summed E-state index contributed by atoms with van der Waals surface area (Å²) in [5, 5.41) is 10.3. The summed E-state index contributed by atoms with van der Waals surface area (Å²) in [5.41, 5.74) is 0. The molecule has 0 aromatic carbocycles. The lowest BCUT2D eigenvalue weighted by molar-refractivity contribution is -0.870. The van der Waals surface area contributed by atoms with Crippen molar-refractivity contribution < 1.29 is 56.9 Å². The summed E-state index contributed by atoms with van der Waals surface area (Å²) in [5.74, 6) is -0.559. The molecular formula is C44H78NO11P. The van der Waals surface area contributed by atoms with Gasteiger partial charge < -0.3 is 33.0 Å². The Morgan fingerprint density at radius 2 is 1.44 bits per heavy atom. The second kappa shape index (κ2) is 30.2. The maximum atomic E-state index is 12.8. The Morgan fingerprint density at radius 3 is 2.09 bits per heavy atom. The fourth-order valence-corrected chi connectivity index (χ4v) is 7.76. The molecule has 2 fully saturated rings. The van der Waals surface area contributed by atoms with E-state index in [-0.39, 0.29) is 50.1 Å². The van der Waals surface area contributed by atoms with Crippen molar-refractivity contribution in [1.29, 1.82) is 0 Å². The third-order valence-corrected chi connectivity index (χ3v) is 11.4. The lowest BCUT2D eigenvalue weighted by atomic mass is 9.89. The highest BCUT2D eigenvalue weighted by atomic mass is 31.2. The second-order valence-electron chi connectivity index (χ2n) is 16.8. The van der Waals surface area contributed by atoms with Crippen molar-refractivity contribution in [2.45, 2.75) is 173 Å². The van der Waals surface area contributed by atoms with Crippen LogP contribution in [0.2, 0.25) is 0 Å². The highest BCUT2D eigenvalue weighted by molar-refractivity contribution is 7.45. The standard InChI is InChI=1S/C44H78NO11P/c1-6-8-10-11-12-13-14-15-16-17-18-19-24-28-43(47)51-35-38(36-53-57(49,50)52-33-32-45(3,4)5)54-44(48)29-25-21-20-23-27-39-40(42-34-41(39)55-56-42)31-30-37(46)26-22-9-7-2/h9,20,22-23,30-31,37-42,46H,6-8,10-19,21,24-29,32-36H2,1-5H3/b22-9-,23-20-,31-30+. The zero-order valence-corrected chi connectivity index (χ0v) is 36.9. The third kappa shape index (κ3) is 25.4. The number of likely N-dealkylation sites (N-methyl/N-ethyl adjacent to an activating group) is 1. The number of nitrogens with zero attached hydrogens (tertiary/aromatic N) is 1. The fourth-order valence-electron chi connectivity index (χ4n) is 7.03. The highest BCUT2D eigenvalue weighted by Crippen LogP contribution is 2.45. The molecule has 7 unspecified atom stereocenters. The molecule has 2 aliphatic rings. The molecule has 0 radical (unpaired) electrons. The van der Waals surface area contributed by atoms with Crippen LogP contribution in [0.1, 0.15) is 149 Å². The minimum absolute atomic E-state index is 0.0107. The first-order valence-corrected chi connectivity index (χ1v) is 23.5. The number of unbranched alkanes of at least 4 members (excludes halogenated alkanes) is 13. The lowest BCUT2D eigenvalue weighted by Crippen LogP contribution is -2.37. The van der Waals surface area contributed by atoms with E-state index in [1.54, 1.807) is 0 Å². The molecule has 1 aliphatic heterocycles. The Bertz CT molecular complexity index is 1220. The maximum Gasteiger partial charge on any atom is 0.306 e. The smallest absolute Gasteiger partial charge is 0.306 e. The van der Waals surface area contributed by atoms with Crippen molar-refractivity contribution in [1.82, 2.24) is 0 Å². The second-order valence-corrected chi connectivity index (χ2v) is 18.2. The van der Waals surface area contributed by atoms with E-state index in [0.717, 1.165) is 38.5 Å². The quantitative estimate of drug-likeness (QED) is 0.0163. The molecule has 1 N–H and O–H groups in total. The van der Waals surface area contributed by atoms with E-state index in [1.165, 1.54) is 57.8 Å². The SMILES string of the molecule is CC/C=C\CC(O)/C=C/C1C2CC(OO2)C1C/C=C\CCCC(=O)OC(COC(=O)CCCCCCCCCCCCCCC)COP(=O)([O-])OCC[N+](C)(C)C. The van der Waals surface area contributed by atoms with Gasteiger partial charge in [-0.2, -0.15) is 0 Å². The minimum atomic E-state index is -4.67. The molecule has 7 atom stereocenters. The number of phosphoric acid groups is 1. The number of aliphatic hydroxyl groups excluding tert-OH is 1. The van der Waals surface area contributed by atoms with Crippen molar-refractivity contribution in [3.63, 3.8) is 0 Å². The number of quaternary nitrogens is 1. The van der Waals surface area contributed by atoms with Gasteiger partial charge in [-0.25, -0.2) is 9.78 Å². The van der Waals surface area contributed by atoms with Gasteiger partial charge in [0.2, 0.25) is 0 Å². The van der Waals surface area contributed by atoms with E-state index in [0.29, 0.717) is 36.7 Å². The molecule has 57 heavy (non-hydrogen) atoms. The first-order valence-electron chi connectivity index (χ1n) is 22.1. The van der Waals surface area contributed by atoms with Gasteiger partial charge in [0.1, 0.15) is 25.9 Å². The number of hydrogen-bond acceptors (Lipinski definition) is 11. The Balaban J connectivity index is 1.74. The Morgan fingerprint density at radius 1 is 0.807 bits per heavy atom. The van der Waals surface area contributed by atoms with E-state index >= 15 is 0 Å². The van der Waals surface area contributed by atoms with Crippen LogP contribution in [0.5, 0.6) is 0 Å². The normalized spacial score (nSPS) is 21.8. The molecule has 0 aromatic rings. The van der Waals surface area contributed by atoms with Crippen LogP contribution in [-0.4, -0.2) is 93.5 Å². The van der Waals surface area contributed by atoms with Gasteiger partial charge in [0.15, 0.2) is 6.10 Å². The van der Waals surface area contributed by atoms with Gasteiger partial charge in [-0.3, -0.25) is 14.2 Å². The monoisotopic (exact) mass is 828 g/mol. The molecular weight excluding hydrogens is 749 g/mol. The van der Waals surface area contributed by atoms with Gasteiger partial charge in [-0.05, 0) is 38.5 Å². The third-order valence-electron chi connectivity index (χ3n) is 10.5.